The Morgan fingerprint density at radius 2 is 1.86 bits per heavy atom. The second-order valence-corrected chi connectivity index (χ2v) is 11.3. The average Bonchev–Trinajstić information content (AvgIpc) is 3.58. The Morgan fingerprint density at radius 1 is 1.16 bits per heavy atom. The van der Waals surface area contributed by atoms with Crippen molar-refractivity contribution in [2.45, 2.75) is 76.4 Å². The van der Waals surface area contributed by atoms with Crippen molar-refractivity contribution in [1.82, 2.24) is 35.1 Å². The minimum atomic E-state index is -0.549. The first kappa shape index (κ1) is 24.8. The first-order valence-corrected chi connectivity index (χ1v) is 12.4. The fraction of sp³-hybridized carbons (Fsp3) is 0.520. The molecule has 11 nitrogen and oxygen atoms in total. The lowest BCUT2D eigenvalue weighted by Gasteiger charge is -2.46. The van der Waals surface area contributed by atoms with Gasteiger partial charge in [-0.25, -0.2) is 14.2 Å². The van der Waals surface area contributed by atoms with Gasteiger partial charge in [-0.05, 0) is 87.4 Å². The van der Waals surface area contributed by atoms with E-state index in [0.29, 0.717) is 22.6 Å². The van der Waals surface area contributed by atoms with Crippen LogP contribution in [0.3, 0.4) is 0 Å². The average molecular weight is 507 g/mol. The summed E-state index contributed by atoms with van der Waals surface area (Å²) in [7, 11) is 1.46. The number of halogens is 1. The smallest absolute Gasteiger partial charge is 0.366 e. The molecule has 1 saturated heterocycles. The Morgan fingerprint density at radius 3 is 2.46 bits per heavy atom. The third-order valence-corrected chi connectivity index (χ3v) is 6.74. The maximum absolute atomic E-state index is 15.4. The molecule has 2 aromatic heterocycles. The van der Waals surface area contributed by atoms with Gasteiger partial charge in [0.15, 0.2) is 5.82 Å². The molecule has 3 N–H and O–H groups in total. The van der Waals surface area contributed by atoms with E-state index >= 15 is 4.39 Å². The third kappa shape index (κ3) is 5.17. The zero-order valence-electron chi connectivity index (χ0n) is 21.6. The second kappa shape index (κ2) is 8.92. The van der Waals surface area contributed by atoms with E-state index in [1.807, 2.05) is 0 Å². The maximum Gasteiger partial charge on any atom is 0.368 e. The number of hydrogen-bond donors (Lipinski definition) is 3. The number of nitriles is 1. The molecule has 2 fully saturated rings. The van der Waals surface area contributed by atoms with Crippen molar-refractivity contribution in [3.8, 4) is 11.8 Å². The lowest BCUT2D eigenvalue weighted by atomic mass is 9.79. The molecule has 5 rings (SSSR count). The zero-order chi connectivity index (χ0) is 26.5. The molecule has 1 aromatic carbocycles. The minimum absolute atomic E-state index is 0.0103. The van der Waals surface area contributed by atoms with E-state index in [1.54, 1.807) is 6.07 Å². The molecule has 1 saturated carbocycles. The lowest BCUT2D eigenvalue weighted by molar-refractivity contribution is 0.170. The monoisotopic (exact) mass is 506 g/mol. The van der Waals surface area contributed by atoms with Gasteiger partial charge in [-0.15, -0.1) is 0 Å². The normalized spacial score (nSPS) is 18.8. The summed E-state index contributed by atoms with van der Waals surface area (Å²) in [6, 6.07) is 5.46. The van der Waals surface area contributed by atoms with Gasteiger partial charge in [0.2, 0.25) is 5.95 Å². The van der Waals surface area contributed by atoms with Gasteiger partial charge in [-0.2, -0.15) is 19.6 Å². The van der Waals surface area contributed by atoms with Crippen molar-refractivity contribution < 1.29 is 4.39 Å². The highest BCUT2D eigenvalue weighted by molar-refractivity contribution is 5.63. The van der Waals surface area contributed by atoms with E-state index in [4.69, 9.17) is 0 Å². The summed E-state index contributed by atoms with van der Waals surface area (Å²) >= 11 is 0. The molecule has 0 radical (unpaired) electrons. The van der Waals surface area contributed by atoms with E-state index in [1.165, 1.54) is 19.3 Å². The van der Waals surface area contributed by atoms with Crippen LogP contribution in [0.4, 0.5) is 21.8 Å². The molecule has 3 heterocycles. The number of hydrogen-bond acceptors (Lipinski definition) is 9. The van der Waals surface area contributed by atoms with E-state index in [2.05, 4.69) is 70.1 Å². The topological polar surface area (TPSA) is 138 Å². The van der Waals surface area contributed by atoms with Crippen molar-refractivity contribution in [3.05, 3.63) is 45.8 Å². The van der Waals surface area contributed by atoms with Gasteiger partial charge in [0.25, 0.3) is 0 Å². The molecule has 3 aromatic rings. The number of benzene rings is 1. The van der Waals surface area contributed by atoms with Crippen molar-refractivity contribution >= 4 is 17.5 Å². The fourth-order valence-electron chi connectivity index (χ4n) is 5.39. The Labute approximate surface area is 214 Å². The van der Waals surface area contributed by atoms with E-state index in [0.717, 1.165) is 35.0 Å². The summed E-state index contributed by atoms with van der Waals surface area (Å²) < 4.78 is 17.3. The van der Waals surface area contributed by atoms with Crippen LogP contribution in [0.5, 0.6) is 0 Å². The minimum Gasteiger partial charge on any atom is -0.366 e. The van der Waals surface area contributed by atoms with Gasteiger partial charge in [0.05, 0.1) is 6.20 Å². The van der Waals surface area contributed by atoms with Gasteiger partial charge in [0, 0.05) is 29.9 Å². The van der Waals surface area contributed by atoms with Crippen LogP contribution in [-0.4, -0.2) is 46.9 Å². The molecular formula is C25H31FN10O. The van der Waals surface area contributed by atoms with Crippen LogP contribution in [0.15, 0.2) is 23.1 Å². The van der Waals surface area contributed by atoms with Gasteiger partial charge in [-0.1, -0.05) is 0 Å². The molecule has 0 spiro atoms. The highest BCUT2D eigenvalue weighted by atomic mass is 19.1. The van der Waals surface area contributed by atoms with Crippen LogP contribution in [0.2, 0.25) is 0 Å². The summed E-state index contributed by atoms with van der Waals surface area (Å²) in [5, 5.41) is 27.4. The Kier molecular flexibility index (Phi) is 5.98. The second-order valence-electron chi connectivity index (χ2n) is 11.3. The molecule has 0 bridgehead atoms. The number of aromatic nitrogens is 6. The summed E-state index contributed by atoms with van der Waals surface area (Å²) in [5.74, 6) is 0.279. The molecule has 1 aliphatic carbocycles. The summed E-state index contributed by atoms with van der Waals surface area (Å²) in [5.41, 5.74) is 0.650. The molecule has 0 amide bonds. The van der Waals surface area contributed by atoms with Crippen molar-refractivity contribution in [1.29, 1.82) is 5.26 Å². The van der Waals surface area contributed by atoms with Crippen LogP contribution >= 0.6 is 0 Å². The highest BCUT2D eigenvalue weighted by Crippen LogP contribution is 2.43. The number of rotatable bonds is 6. The van der Waals surface area contributed by atoms with Gasteiger partial charge >= 0.3 is 5.69 Å². The number of nitrogens with one attached hydrogen (secondary N) is 3. The Balaban J connectivity index is 1.47. The van der Waals surface area contributed by atoms with Crippen LogP contribution < -0.4 is 21.6 Å². The molecule has 1 aliphatic heterocycles. The largest absolute Gasteiger partial charge is 0.368 e. The van der Waals surface area contributed by atoms with Gasteiger partial charge in [0.1, 0.15) is 23.1 Å². The maximum atomic E-state index is 15.4. The third-order valence-electron chi connectivity index (χ3n) is 6.74. The molecule has 0 atom stereocenters. The summed E-state index contributed by atoms with van der Waals surface area (Å²) in [6.07, 6.45) is 4.92. The van der Waals surface area contributed by atoms with Crippen LogP contribution in [0.1, 0.15) is 70.4 Å². The summed E-state index contributed by atoms with van der Waals surface area (Å²) in [4.78, 5) is 21.3. The highest BCUT2D eigenvalue weighted by Gasteiger charge is 2.38. The van der Waals surface area contributed by atoms with Crippen LogP contribution in [-0.2, 0) is 7.05 Å². The SMILES string of the molecule is Cn1nnn(-c2cc(Nc3ncc(C#N)c(NC4CC(C)(C)NC(C)(C)C4)n3)cc(C3CC3)c2F)c1=O. The standard InChI is InChI=1S/C25H31FN10O/c1-24(2)10-17(11-25(3,4)32-24)29-21-15(12-27)13-28-22(31-21)30-16-8-18(14-6-7-14)20(26)19(9-16)36-23(37)35(5)33-34-36/h8-9,13-14,17,32H,6-7,10-11H2,1-5H3,(H2,28,29,30,31). The van der Waals surface area contributed by atoms with Crippen molar-refractivity contribution in [3.63, 3.8) is 0 Å². The fourth-order valence-corrected chi connectivity index (χ4v) is 5.39. The van der Waals surface area contributed by atoms with E-state index in [-0.39, 0.29) is 34.7 Å². The van der Waals surface area contributed by atoms with Gasteiger partial charge in [-0.3, -0.25) is 0 Å². The number of nitrogens with zero attached hydrogens (tertiary/aromatic N) is 7. The van der Waals surface area contributed by atoms with Crippen LogP contribution in [0.25, 0.3) is 5.69 Å². The number of anilines is 3. The van der Waals surface area contributed by atoms with E-state index < -0.39 is 11.5 Å². The quantitative estimate of drug-likeness (QED) is 0.460. The molecule has 12 heteroatoms. The van der Waals surface area contributed by atoms with Crippen LogP contribution in [0, 0.1) is 17.1 Å². The molecule has 194 valence electrons. The predicted molar refractivity (Wildman–Crippen MR) is 137 cm³/mol. The van der Waals surface area contributed by atoms with Crippen molar-refractivity contribution in [2.75, 3.05) is 10.6 Å². The Hall–Kier alpha value is -3.85. The molecule has 2 aliphatic rings. The Bertz CT molecular complexity index is 1430. The first-order valence-electron chi connectivity index (χ1n) is 12.4. The molecular weight excluding hydrogens is 475 g/mol. The van der Waals surface area contributed by atoms with Gasteiger partial charge < -0.3 is 16.0 Å². The predicted octanol–water partition coefficient (Wildman–Crippen LogP) is 3.11. The number of tetrazole rings is 1. The number of piperidine rings is 1. The molecule has 0 unspecified atom stereocenters. The molecule has 37 heavy (non-hydrogen) atoms. The zero-order valence-corrected chi connectivity index (χ0v) is 21.6. The lowest BCUT2D eigenvalue weighted by Crippen LogP contribution is -2.60. The van der Waals surface area contributed by atoms with E-state index in [9.17, 15) is 10.1 Å². The van der Waals surface area contributed by atoms with Crippen molar-refractivity contribution in [2.24, 2.45) is 7.05 Å². The summed E-state index contributed by atoms with van der Waals surface area (Å²) in [6.45, 7) is 8.64. The first-order chi connectivity index (χ1) is 17.4. The number of aryl methyl sites for hydroxylation is 1.